The zero-order valence-electron chi connectivity index (χ0n) is 14.0. The van der Waals surface area contributed by atoms with Crippen LogP contribution in [-0.2, 0) is 0 Å². The van der Waals surface area contributed by atoms with Gasteiger partial charge < -0.3 is 21.1 Å². The Morgan fingerprint density at radius 2 is 2.12 bits per heavy atom. The summed E-state index contributed by atoms with van der Waals surface area (Å²) in [6, 6.07) is 2.28. The van der Waals surface area contributed by atoms with E-state index in [1.165, 1.54) is 5.57 Å². The largest absolute Gasteiger partial charge is 0.394 e. The van der Waals surface area contributed by atoms with Gasteiger partial charge in [0.2, 0.25) is 5.95 Å². The highest BCUT2D eigenvalue weighted by Crippen LogP contribution is 2.26. The van der Waals surface area contributed by atoms with E-state index in [2.05, 4.69) is 32.0 Å². The van der Waals surface area contributed by atoms with Crippen molar-refractivity contribution in [2.45, 2.75) is 37.8 Å². The first-order valence-electron chi connectivity index (χ1n) is 8.51. The fraction of sp³-hybridized carbons (Fsp3) is 0.444. The Bertz CT molecular complexity index is 645. The van der Waals surface area contributed by atoms with Crippen molar-refractivity contribution in [2.75, 3.05) is 18.9 Å². The maximum absolute atomic E-state index is 9.61. The fourth-order valence-corrected chi connectivity index (χ4v) is 3.08. The second kappa shape index (κ2) is 7.97. The number of rotatable bonds is 5. The Balaban J connectivity index is 1.71. The van der Waals surface area contributed by atoms with Gasteiger partial charge in [-0.15, -0.1) is 0 Å². The summed E-state index contributed by atoms with van der Waals surface area (Å²) in [5, 5.41) is 19.3. The Morgan fingerprint density at radius 3 is 2.92 bits per heavy atom. The van der Waals surface area contributed by atoms with Crippen LogP contribution in [0.1, 0.15) is 31.4 Å². The molecule has 0 unspecified atom stereocenters. The highest BCUT2D eigenvalue weighted by molar-refractivity contribution is 5.80. The molecule has 1 aliphatic carbocycles. The molecule has 1 saturated carbocycles. The summed E-state index contributed by atoms with van der Waals surface area (Å²) in [6.07, 6.45) is 13.2. The molecule has 1 aromatic heterocycles. The van der Waals surface area contributed by atoms with Crippen molar-refractivity contribution in [3.63, 3.8) is 0 Å². The number of hydrogen-bond acceptors (Lipinski definition) is 6. The lowest BCUT2D eigenvalue weighted by Gasteiger charge is -2.26. The third-order valence-corrected chi connectivity index (χ3v) is 4.41. The predicted molar refractivity (Wildman–Crippen MR) is 96.2 cm³/mol. The van der Waals surface area contributed by atoms with Gasteiger partial charge >= 0.3 is 0 Å². The van der Waals surface area contributed by atoms with Crippen LogP contribution in [-0.4, -0.2) is 40.8 Å². The standard InChI is InChI=1S/C18H25N5O/c1-19-9-2-3-13-11-20-12-16(13)17-8-10-21-18(23-17)22-14-4-6-15(24)7-5-14/h2-3,8-10,12,14-15,19-20,24H,4-7,11H2,1H3,(H,21,22,23)/b9-2-,13-3+. The number of allylic oxidation sites excluding steroid dienone is 2. The van der Waals surface area contributed by atoms with Crippen LogP contribution in [0.4, 0.5) is 5.95 Å². The Morgan fingerprint density at radius 1 is 1.29 bits per heavy atom. The van der Waals surface area contributed by atoms with Gasteiger partial charge in [0.1, 0.15) is 0 Å². The topological polar surface area (TPSA) is 82.1 Å². The molecule has 6 nitrogen and oxygen atoms in total. The summed E-state index contributed by atoms with van der Waals surface area (Å²) in [5.41, 5.74) is 3.21. The number of aliphatic hydroxyl groups excluding tert-OH is 1. The molecular weight excluding hydrogens is 302 g/mol. The summed E-state index contributed by atoms with van der Waals surface area (Å²) in [6.45, 7) is 0.802. The summed E-state index contributed by atoms with van der Waals surface area (Å²) in [4.78, 5) is 9.02. The lowest BCUT2D eigenvalue weighted by molar-refractivity contribution is 0.126. The first-order valence-corrected chi connectivity index (χ1v) is 8.51. The van der Waals surface area contributed by atoms with E-state index in [9.17, 15) is 5.11 Å². The molecule has 1 aliphatic heterocycles. The van der Waals surface area contributed by atoms with Gasteiger partial charge in [-0.25, -0.2) is 9.97 Å². The van der Waals surface area contributed by atoms with Crippen molar-refractivity contribution in [1.82, 2.24) is 20.6 Å². The van der Waals surface area contributed by atoms with Crippen LogP contribution in [0.3, 0.4) is 0 Å². The molecule has 4 N–H and O–H groups in total. The van der Waals surface area contributed by atoms with E-state index in [-0.39, 0.29) is 6.10 Å². The number of nitrogens with one attached hydrogen (secondary N) is 3. The number of hydrogen-bond donors (Lipinski definition) is 4. The molecule has 128 valence electrons. The van der Waals surface area contributed by atoms with Gasteiger partial charge in [0.15, 0.2) is 0 Å². The molecule has 24 heavy (non-hydrogen) atoms. The smallest absolute Gasteiger partial charge is 0.223 e. The maximum atomic E-state index is 9.61. The van der Waals surface area contributed by atoms with E-state index in [1.807, 2.05) is 31.6 Å². The molecule has 3 rings (SSSR count). The Kier molecular flexibility index (Phi) is 5.48. The second-order valence-corrected chi connectivity index (χ2v) is 6.19. The predicted octanol–water partition coefficient (Wildman–Crippen LogP) is 1.80. The zero-order valence-corrected chi connectivity index (χ0v) is 14.0. The second-order valence-electron chi connectivity index (χ2n) is 6.19. The van der Waals surface area contributed by atoms with Crippen LogP contribution in [0, 0.1) is 0 Å². The lowest BCUT2D eigenvalue weighted by atomic mass is 9.93. The Labute approximate surface area is 142 Å². The van der Waals surface area contributed by atoms with Crippen molar-refractivity contribution in [3.05, 3.63) is 48.1 Å². The van der Waals surface area contributed by atoms with Gasteiger partial charge in [-0.3, -0.25) is 0 Å². The molecule has 6 heteroatoms. The lowest BCUT2D eigenvalue weighted by Crippen LogP contribution is -2.29. The number of aromatic nitrogens is 2. The summed E-state index contributed by atoms with van der Waals surface area (Å²) in [7, 11) is 1.88. The van der Waals surface area contributed by atoms with E-state index < -0.39 is 0 Å². The van der Waals surface area contributed by atoms with Crippen LogP contribution in [0.5, 0.6) is 0 Å². The molecule has 2 aliphatic rings. The molecular formula is C18H25N5O. The number of aliphatic hydroxyl groups is 1. The molecule has 0 amide bonds. The maximum Gasteiger partial charge on any atom is 0.223 e. The number of nitrogens with zero attached hydrogens (tertiary/aromatic N) is 2. The minimum absolute atomic E-state index is 0.150. The van der Waals surface area contributed by atoms with Crippen molar-refractivity contribution < 1.29 is 5.11 Å². The van der Waals surface area contributed by atoms with Crippen molar-refractivity contribution in [2.24, 2.45) is 0 Å². The van der Waals surface area contributed by atoms with E-state index in [0.717, 1.165) is 43.5 Å². The van der Waals surface area contributed by atoms with E-state index >= 15 is 0 Å². The zero-order chi connectivity index (χ0) is 16.8. The average molecular weight is 327 g/mol. The minimum atomic E-state index is -0.150. The summed E-state index contributed by atoms with van der Waals surface area (Å²) in [5.74, 6) is 0.659. The molecule has 0 radical (unpaired) electrons. The van der Waals surface area contributed by atoms with Gasteiger partial charge in [0, 0.05) is 37.6 Å². The van der Waals surface area contributed by atoms with Crippen molar-refractivity contribution >= 4 is 11.5 Å². The molecule has 0 aromatic carbocycles. The van der Waals surface area contributed by atoms with Gasteiger partial charge in [0.25, 0.3) is 0 Å². The first kappa shape index (κ1) is 16.5. The van der Waals surface area contributed by atoms with Crippen LogP contribution in [0.2, 0.25) is 0 Å². The van der Waals surface area contributed by atoms with Crippen LogP contribution in [0.25, 0.3) is 5.57 Å². The SMILES string of the molecule is CN/C=C\C=C1/CNC=C1c1ccnc(NC2CCC(O)CC2)n1. The fourth-order valence-electron chi connectivity index (χ4n) is 3.08. The van der Waals surface area contributed by atoms with Crippen LogP contribution in [0.15, 0.2) is 42.4 Å². The van der Waals surface area contributed by atoms with Gasteiger partial charge in [-0.2, -0.15) is 0 Å². The molecule has 0 saturated heterocycles. The highest BCUT2D eigenvalue weighted by Gasteiger charge is 2.20. The third kappa shape index (κ3) is 4.14. The van der Waals surface area contributed by atoms with E-state index in [4.69, 9.17) is 0 Å². The molecule has 1 aromatic rings. The van der Waals surface area contributed by atoms with Gasteiger partial charge in [0.05, 0.1) is 11.8 Å². The summed E-state index contributed by atoms with van der Waals surface area (Å²) < 4.78 is 0. The molecule has 0 bridgehead atoms. The van der Waals surface area contributed by atoms with Crippen LogP contribution < -0.4 is 16.0 Å². The van der Waals surface area contributed by atoms with Crippen molar-refractivity contribution in [1.29, 1.82) is 0 Å². The average Bonchev–Trinajstić information content (AvgIpc) is 3.06. The quantitative estimate of drug-likeness (QED) is 0.660. The minimum Gasteiger partial charge on any atom is -0.394 e. The third-order valence-electron chi connectivity index (χ3n) is 4.41. The van der Waals surface area contributed by atoms with Gasteiger partial charge in [-0.1, -0.05) is 6.08 Å². The Hall–Kier alpha value is -2.34. The monoisotopic (exact) mass is 327 g/mol. The van der Waals surface area contributed by atoms with Gasteiger partial charge in [-0.05, 0) is 49.6 Å². The number of anilines is 1. The van der Waals surface area contributed by atoms with E-state index in [0.29, 0.717) is 12.0 Å². The first-order chi connectivity index (χ1) is 11.8. The van der Waals surface area contributed by atoms with Crippen molar-refractivity contribution in [3.8, 4) is 0 Å². The summed E-state index contributed by atoms with van der Waals surface area (Å²) >= 11 is 0. The molecule has 1 fully saturated rings. The molecule has 0 spiro atoms. The van der Waals surface area contributed by atoms with Crippen LogP contribution >= 0.6 is 0 Å². The normalized spacial score (nSPS) is 25.6. The highest BCUT2D eigenvalue weighted by atomic mass is 16.3. The molecule has 0 atom stereocenters. The van der Waals surface area contributed by atoms with E-state index in [1.54, 1.807) is 6.20 Å². The molecule has 2 heterocycles.